The maximum Gasteiger partial charge on any atom is 0.328 e. The predicted octanol–water partition coefficient (Wildman–Crippen LogP) is 5.75. The van der Waals surface area contributed by atoms with Gasteiger partial charge in [0.25, 0.3) is 0 Å². The molecule has 0 radical (unpaired) electrons. The van der Waals surface area contributed by atoms with Crippen molar-refractivity contribution in [3.8, 4) is 5.75 Å². The number of ether oxygens (including phenoxy) is 1. The van der Waals surface area contributed by atoms with Crippen LogP contribution in [0, 0.1) is 0 Å². The zero-order valence-corrected chi connectivity index (χ0v) is 19.8. The van der Waals surface area contributed by atoms with Crippen LogP contribution in [0.25, 0.3) is 6.08 Å². The molecule has 0 aliphatic carbocycles. The number of carbonyl (C=O) groups excluding carboxylic acids is 1. The maximum atomic E-state index is 12.4. The van der Waals surface area contributed by atoms with Gasteiger partial charge in [-0.25, -0.2) is 0 Å². The molecule has 158 valence electrons. The normalized spacial score (nSPS) is 16.1. The fourth-order valence-electron chi connectivity index (χ4n) is 2.68. The van der Waals surface area contributed by atoms with Crippen LogP contribution in [0.2, 0.25) is 0 Å². The van der Waals surface area contributed by atoms with Crippen LogP contribution in [-0.4, -0.2) is 32.8 Å². The lowest BCUT2D eigenvalue weighted by Crippen LogP contribution is -2.19. The fourth-order valence-corrected chi connectivity index (χ4v) is 3.45. The number of methoxy groups -OCH3 is 1. The molecule has 1 aromatic rings. The van der Waals surface area contributed by atoms with Crippen molar-refractivity contribution >= 4 is 19.5 Å². The number of benzene rings is 1. The van der Waals surface area contributed by atoms with Gasteiger partial charge in [-0.15, -0.1) is 0 Å². The van der Waals surface area contributed by atoms with Gasteiger partial charge in [0.15, 0.2) is 5.78 Å². The Morgan fingerprint density at radius 1 is 1.07 bits per heavy atom. The molecule has 0 spiro atoms. The first kappa shape index (κ1) is 24.6. The summed E-state index contributed by atoms with van der Waals surface area (Å²) < 4.78 is 27.7. The van der Waals surface area contributed by atoms with Crippen LogP contribution < -0.4 is 4.74 Å². The topological polar surface area (TPSA) is 61.8 Å². The number of carbonyl (C=O) groups is 1. The lowest BCUT2D eigenvalue weighted by atomic mass is 9.79. The van der Waals surface area contributed by atoms with Crippen molar-refractivity contribution in [2.24, 2.45) is 0 Å². The van der Waals surface area contributed by atoms with Crippen LogP contribution in [0.4, 0.5) is 0 Å². The monoisotopic (exact) mass is 410 g/mol. The van der Waals surface area contributed by atoms with E-state index in [-0.39, 0.29) is 16.6 Å². The molecule has 0 amide bonds. The smallest absolute Gasteiger partial charge is 0.328 e. The molecule has 0 saturated carbocycles. The van der Waals surface area contributed by atoms with Gasteiger partial charge in [-0.1, -0.05) is 47.6 Å². The first-order valence-electron chi connectivity index (χ1n) is 9.39. The van der Waals surface area contributed by atoms with Gasteiger partial charge in [0.2, 0.25) is 0 Å². The van der Waals surface area contributed by atoms with Crippen LogP contribution in [0.1, 0.15) is 65.2 Å². The van der Waals surface area contributed by atoms with Gasteiger partial charge < -0.3 is 9.26 Å². The van der Waals surface area contributed by atoms with Crippen molar-refractivity contribution in [2.45, 2.75) is 65.4 Å². The van der Waals surface area contributed by atoms with E-state index in [1.165, 1.54) is 19.9 Å². The Morgan fingerprint density at radius 2 is 1.64 bits per heavy atom. The molecular weight excluding hydrogens is 375 g/mol. The zero-order chi connectivity index (χ0) is 21.9. The van der Waals surface area contributed by atoms with E-state index in [1.54, 1.807) is 20.1 Å². The molecule has 28 heavy (non-hydrogen) atoms. The zero-order valence-electron chi connectivity index (χ0n) is 18.9. The van der Waals surface area contributed by atoms with E-state index in [0.29, 0.717) is 0 Å². The summed E-state index contributed by atoms with van der Waals surface area (Å²) >= 11 is 0. The third-order valence-electron chi connectivity index (χ3n) is 4.50. The first-order chi connectivity index (χ1) is 12.6. The van der Waals surface area contributed by atoms with Crippen molar-refractivity contribution < 1.29 is 23.1 Å². The van der Waals surface area contributed by atoms with Crippen molar-refractivity contribution in [3.05, 3.63) is 34.9 Å². The Hall–Kier alpha value is -1.42. The Bertz CT molecular complexity index is 781. The van der Waals surface area contributed by atoms with Gasteiger partial charge in [0.1, 0.15) is 11.9 Å². The summed E-state index contributed by atoms with van der Waals surface area (Å²) in [5.74, 6) is 0.454. The maximum absolute atomic E-state index is 12.4. The molecule has 0 aliphatic heterocycles. The number of hydrogen-bond donors (Lipinski definition) is 0. The molecule has 1 rings (SSSR count). The minimum atomic E-state index is -3.23. The molecule has 0 N–H and O–H groups in total. The summed E-state index contributed by atoms with van der Waals surface area (Å²) in [6, 6.07) is 4.22. The summed E-state index contributed by atoms with van der Waals surface area (Å²) in [5, 5.41) is 0. The lowest BCUT2D eigenvalue weighted by molar-refractivity contribution is -0.120. The van der Waals surface area contributed by atoms with E-state index in [9.17, 15) is 9.36 Å². The molecule has 0 fully saturated rings. The highest BCUT2D eigenvalue weighted by Crippen LogP contribution is 2.44. The molecule has 0 heterocycles. The first-order valence-corrected chi connectivity index (χ1v) is 11.4. The van der Waals surface area contributed by atoms with Gasteiger partial charge in [0.05, 0.1) is 7.11 Å². The third-order valence-corrected chi connectivity index (χ3v) is 5.87. The average molecular weight is 410 g/mol. The molecule has 0 bridgehead atoms. The van der Waals surface area contributed by atoms with E-state index in [2.05, 4.69) is 47.6 Å². The molecular formula is C22H35O5P. The summed E-state index contributed by atoms with van der Waals surface area (Å²) in [5.41, 5.74) is 2.89. The van der Waals surface area contributed by atoms with Gasteiger partial charge in [-0.2, -0.15) is 0 Å². The third kappa shape index (κ3) is 6.58. The van der Waals surface area contributed by atoms with Crippen LogP contribution in [0.5, 0.6) is 5.75 Å². The van der Waals surface area contributed by atoms with E-state index in [1.807, 2.05) is 6.07 Å². The van der Waals surface area contributed by atoms with Crippen molar-refractivity contribution in [1.82, 2.24) is 0 Å². The van der Waals surface area contributed by atoms with Gasteiger partial charge >= 0.3 is 7.60 Å². The van der Waals surface area contributed by atoms with Gasteiger partial charge in [-0.3, -0.25) is 13.9 Å². The molecule has 2 atom stereocenters. The van der Waals surface area contributed by atoms with Crippen molar-refractivity contribution in [1.29, 1.82) is 0 Å². The van der Waals surface area contributed by atoms with Crippen LogP contribution >= 0.6 is 7.60 Å². The second-order valence-corrected chi connectivity index (χ2v) is 11.2. The number of rotatable bonds is 7. The second-order valence-electron chi connectivity index (χ2n) is 9.08. The molecule has 1 aromatic carbocycles. The van der Waals surface area contributed by atoms with Crippen LogP contribution in [0.15, 0.2) is 18.2 Å². The fraction of sp³-hybridized carbons (Fsp3) is 0.591. The van der Waals surface area contributed by atoms with Crippen LogP contribution in [-0.2, 0) is 29.2 Å². The summed E-state index contributed by atoms with van der Waals surface area (Å²) in [7, 11) is -0.300. The molecule has 0 saturated heterocycles. The SMILES string of the molecule is COc1c(C=CC(=O)C(C)OP(C)(=O)OC)cc(C(C)(C)C)cc1C(C)(C)C. The highest BCUT2D eigenvalue weighted by atomic mass is 31.2. The highest BCUT2D eigenvalue weighted by molar-refractivity contribution is 7.53. The Labute approximate surface area is 170 Å². The van der Waals surface area contributed by atoms with Gasteiger partial charge in [0, 0.05) is 24.9 Å². The average Bonchev–Trinajstić information content (AvgIpc) is 2.56. The summed E-state index contributed by atoms with van der Waals surface area (Å²) in [4.78, 5) is 12.4. The largest absolute Gasteiger partial charge is 0.496 e. The van der Waals surface area contributed by atoms with Crippen LogP contribution in [0.3, 0.4) is 0 Å². The van der Waals surface area contributed by atoms with Crippen molar-refractivity contribution in [3.63, 3.8) is 0 Å². The van der Waals surface area contributed by atoms with E-state index in [4.69, 9.17) is 13.8 Å². The van der Waals surface area contributed by atoms with E-state index < -0.39 is 13.7 Å². The minimum absolute atomic E-state index is 0.0530. The number of hydrogen-bond acceptors (Lipinski definition) is 5. The highest BCUT2D eigenvalue weighted by Gasteiger charge is 2.26. The Balaban J connectivity index is 3.37. The molecule has 2 unspecified atom stereocenters. The minimum Gasteiger partial charge on any atom is -0.496 e. The predicted molar refractivity (Wildman–Crippen MR) is 116 cm³/mol. The number of ketones is 1. The lowest BCUT2D eigenvalue weighted by Gasteiger charge is -2.28. The Kier molecular flexibility index (Phi) is 7.86. The van der Waals surface area contributed by atoms with E-state index in [0.717, 1.165) is 22.4 Å². The molecule has 6 heteroatoms. The quantitative estimate of drug-likeness (QED) is 0.423. The molecule has 0 aliphatic rings. The second kappa shape index (κ2) is 8.94. The molecule has 5 nitrogen and oxygen atoms in total. The Morgan fingerprint density at radius 3 is 2.07 bits per heavy atom. The molecule has 0 aromatic heterocycles. The summed E-state index contributed by atoms with van der Waals surface area (Å²) in [6.45, 7) is 15.8. The standard InChI is InChI=1S/C22H35O5P/c1-15(27-28(10,24)26-9)19(23)12-11-16-13-17(21(2,3)4)14-18(20(16)25-8)22(5,6)7/h11-15H,1-10H3. The van der Waals surface area contributed by atoms with Gasteiger partial charge in [-0.05, 0) is 41.5 Å². The summed E-state index contributed by atoms with van der Waals surface area (Å²) in [6.07, 6.45) is 2.31. The van der Waals surface area contributed by atoms with Crippen molar-refractivity contribution in [2.75, 3.05) is 20.9 Å². The van der Waals surface area contributed by atoms with E-state index >= 15 is 0 Å².